The highest BCUT2D eigenvalue weighted by Crippen LogP contribution is 1.99. The van der Waals surface area contributed by atoms with E-state index in [1.807, 2.05) is 0 Å². The van der Waals surface area contributed by atoms with Crippen LogP contribution in [-0.2, 0) is 14.5 Å². The van der Waals surface area contributed by atoms with Gasteiger partial charge in [-0.2, -0.15) is 0 Å². The molecule has 0 heterocycles. The Morgan fingerprint density at radius 1 is 1.56 bits per heavy atom. The van der Waals surface area contributed by atoms with Gasteiger partial charge in [0, 0.05) is 4.53 Å². The molecular formula is C5H7FO3. The molecule has 0 aromatic heterocycles. The van der Waals surface area contributed by atoms with Crippen LogP contribution in [0.4, 0.5) is 4.53 Å². The van der Waals surface area contributed by atoms with E-state index in [2.05, 4.69) is 4.94 Å². The van der Waals surface area contributed by atoms with Crippen LogP contribution >= 0.6 is 0 Å². The summed E-state index contributed by atoms with van der Waals surface area (Å²) in [5.41, 5.74) is 0. The van der Waals surface area contributed by atoms with E-state index in [-0.39, 0.29) is 0 Å². The van der Waals surface area contributed by atoms with Gasteiger partial charge < -0.3 is 0 Å². The van der Waals surface area contributed by atoms with Gasteiger partial charge in [0.25, 0.3) is 0 Å². The third kappa shape index (κ3) is 2.21. The number of Topliss-reactive ketones (excluding diaryl/α,β-unsaturated/α-hetero) is 1. The number of carbonyl (C=O) groups excluding carboxylic acids is 2. The summed E-state index contributed by atoms with van der Waals surface area (Å²) in [7, 11) is 0. The second-order valence-corrected chi connectivity index (χ2v) is 1.73. The summed E-state index contributed by atoms with van der Waals surface area (Å²) in [4.78, 5) is 23.2. The highest BCUT2D eigenvalue weighted by Gasteiger charge is 2.19. The number of ketones is 1. The van der Waals surface area contributed by atoms with E-state index in [0.717, 1.165) is 0 Å². The highest BCUT2D eigenvalue weighted by molar-refractivity contribution is 5.96. The van der Waals surface area contributed by atoms with E-state index < -0.39 is 17.7 Å². The van der Waals surface area contributed by atoms with Crippen LogP contribution in [-0.4, -0.2) is 11.8 Å². The number of carbonyl (C=O) groups is 2. The van der Waals surface area contributed by atoms with E-state index in [0.29, 0.717) is 0 Å². The van der Waals surface area contributed by atoms with Crippen LogP contribution in [0.5, 0.6) is 0 Å². The van der Waals surface area contributed by atoms with E-state index >= 15 is 0 Å². The van der Waals surface area contributed by atoms with E-state index in [1.54, 1.807) is 0 Å². The largest absolute Gasteiger partial charge is 0.358 e. The van der Waals surface area contributed by atoms with Gasteiger partial charge in [-0.05, 0) is 13.8 Å². The third-order valence-electron chi connectivity index (χ3n) is 1.04. The van der Waals surface area contributed by atoms with Crippen LogP contribution < -0.4 is 0 Å². The summed E-state index contributed by atoms with van der Waals surface area (Å²) in [6.07, 6.45) is 0. The Hall–Kier alpha value is -0.930. The summed E-state index contributed by atoms with van der Waals surface area (Å²) < 4.78 is 11.0. The second-order valence-electron chi connectivity index (χ2n) is 1.73. The summed E-state index contributed by atoms with van der Waals surface area (Å²) in [6.45, 7) is 2.48. The van der Waals surface area contributed by atoms with Gasteiger partial charge in [0.2, 0.25) is 0 Å². The van der Waals surface area contributed by atoms with Crippen molar-refractivity contribution in [2.45, 2.75) is 13.8 Å². The first-order valence-electron chi connectivity index (χ1n) is 2.42. The van der Waals surface area contributed by atoms with Crippen molar-refractivity contribution in [3.63, 3.8) is 0 Å². The molecule has 4 heteroatoms. The summed E-state index contributed by atoms with van der Waals surface area (Å²) in [5, 5.41) is 0. The Morgan fingerprint density at radius 3 is 2.11 bits per heavy atom. The smallest absolute Gasteiger partial charge is 0.299 e. The van der Waals surface area contributed by atoms with Crippen molar-refractivity contribution >= 4 is 11.8 Å². The van der Waals surface area contributed by atoms with Gasteiger partial charge in [-0.25, -0.2) is 4.79 Å². The van der Waals surface area contributed by atoms with Crippen LogP contribution in [0.25, 0.3) is 0 Å². The molecule has 0 rings (SSSR count). The molecule has 0 bridgehead atoms. The van der Waals surface area contributed by atoms with Crippen molar-refractivity contribution < 1.29 is 19.1 Å². The molecule has 0 aromatic rings. The van der Waals surface area contributed by atoms with Crippen LogP contribution in [0.15, 0.2) is 0 Å². The molecule has 0 aromatic carbocycles. The molecule has 0 fully saturated rings. The van der Waals surface area contributed by atoms with Crippen LogP contribution in [0, 0.1) is 5.92 Å². The van der Waals surface area contributed by atoms with Crippen LogP contribution in [0.2, 0.25) is 0 Å². The average molecular weight is 134 g/mol. The van der Waals surface area contributed by atoms with E-state index in [1.165, 1.54) is 13.8 Å². The average Bonchev–Trinajstić information content (AvgIpc) is 1.84. The summed E-state index contributed by atoms with van der Waals surface area (Å²) >= 11 is 0. The fraction of sp³-hybridized carbons (Fsp3) is 0.600. The van der Waals surface area contributed by atoms with Gasteiger partial charge in [0.15, 0.2) is 0 Å². The van der Waals surface area contributed by atoms with E-state index in [9.17, 15) is 14.1 Å². The number of hydrogen-bond donors (Lipinski definition) is 0. The van der Waals surface area contributed by atoms with E-state index in [4.69, 9.17) is 0 Å². The molecule has 0 aliphatic carbocycles. The molecule has 52 valence electrons. The van der Waals surface area contributed by atoms with Gasteiger partial charge in [-0.1, -0.05) is 0 Å². The van der Waals surface area contributed by atoms with Crippen molar-refractivity contribution in [3.05, 3.63) is 0 Å². The molecule has 0 spiro atoms. The fourth-order valence-corrected chi connectivity index (χ4v) is 0.233. The molecule has 0 radical (unpaired) electrons. The molecule has 0 aliphatic rings. The van der Waals surface area contributed by atoms with Crippen LogP contribution in [0.3, 0.4) is 0 Å². The van der Waals surface area contributed by atoms with Crippen LogP contribution in [0.1, 0.15) is 13.8 Å². The number of hydrogen-bond acceptors (Lipinski definition) is 3. The molecule has 3 nitrogen and oxygen atoms in total. The fourth-order valence-electron chi connectivity index (χ4n) is 0.233. The second kappa shape index (κ2) is 3.17. The maximum Gasteiger partial charge on any atom is 0.358 e. The predicted octanol–water partition coefficient (Wildman–Crippen LogP) is 0.639. The zero-order valence-electron chi connectivity index (χ0n) is 5.18. The first kappa shape index (κ1) is 8.07. The lowest BCUT2D eigenvalue weighted by atomic mass is 10.1. The molecule has 9 heavy (non-hydrogen) atoms. The Bertz CT molecular complexity index is 132. The van der Waals surface area contributed by atoms with Crippen molar-refractivity contribution in [1.82, 2.24) is 0 Å². The standard InChI is InChI=1S/C5H7FO3/c1-3(4(2)7)5(8)9-6/h3H,1-2H3. The number of halogens is 1. The van der Waals surface area contributed by atoms with Gasteiger partial charge in [-0.15, -0.1) is 0 Å². The van der Waals surface area contributed by atoms with Gasteiger partial charge in [0.1, 0.15) is 11.7 Å². The quantitative estimate of drug-likeness (QED) is 0.520. The molecule has 0 aliphatic heterocycles. The number of rotatable bonds is 2. The first-order chi connectivity index (χ1) is 4.09. The Morgan fingerprint density at radius 2 is 2.00 bits per heavy atom. The molecule has 0 saturated heterocycles. The predicted molar refractivity (Wildman–Crippen MR) is 27.0 cm³/mol. The van der Waals surface area contributed by atoms with Gasteiger partial charge in [-0.3, -0.25) is 9.74 Å². The first-order valence-corrected chi connectivity index (χ1v) is 2.42. The minimum atomic E-state index is -1.14. The van der Waals surface area contributed by atoms with Crippen molar-refractivity contribution in [2.24, 2.45) is 5.92 Å². The molecule has 0 N–H and O–H groups in total. The zero-order valence-corrected chi connectivity index (χ0v) is 5.18. The maximum absolute atomic E-state index is 11.0. The molecule has 1 unspecified atom stereocenters. The van der Waals surface area contributed by atoms with Gasteiger partial charge in [0.05, 0.1) is 0 Å². The summed E-state index contributed by atoms with van der Waals surface area (Å²) in [5.74, 6) is -2.53. The lowest BCUT2D eigenvalue weighted by Crippen LogP contribution is -2.18. The van der Waals surface area contributed by atoms with Crippen molar-refractivity contribution in [3.8, 4) is 0 Å². The lowest BCUT2D eigenvalue weighted by molar-refractivity contribution is -0.188. The van der Waals surface area contributed by atoms with Crippen molar-refractivity contribution in [2.75, 3.05) is 0 Å². The molecular weight excluding hydrogens is 127 g/mol. The highest BCUT2D eigenvalue weighted by atomic mass is 19.3. The van der Waals surface area contributed by atoms with Gasteiger partial charge >= 0.3 is 5.97 Å². The SMILES string of the molecule is CC(=O)C(C)C(=O)OF. The van der Waals surface area contributed by atoms with Crippen molar-refractivity contribution in [1.29, 1.82) is 0 Å². The third-order valence-corrected chi connectivity index (χ3v) is 1.04. The Kier molecular flexibility index (Phi) is 2.84. The Labute approximate surface area is 51.7 Å². The molecule has 1 atom stereocenters. The molecule has 0 amide bonds. The monoisotopic (exact) mass is 134 g/mol. The lowest BCUT2D eigenvalue weighted by Gasteiger charge is -1.98. The maximum atomic E-state index is 11.0. The Balaban J connectivity index is 3.88. The zero-order chi connectivity index (χ0) is 7.44. The minimum Gasteiger partial charge on any atom is -0.299 e. The minimum absolute atomic E-state index is 0.405. The summed E-state index contributed by atoms with van der Waals surface area (Å²) in [6, 6.07) is 0. The topological polar surface area (TPSA) is 43.4 Å². The molecule has 0 saturated carbocycles. The normalized spacial score (nSPS) is 12.3.